The average molecular weight is 342 g/mol. The maximum atomic E-state index is 14.0. The average Bonchev–Trinajstić information content (AvgIpc) is 2.63. The number of esters is 1. The third kappa shape index (κ3) is 4.42. The van der Waals surface area contributed by atoms with Crippen molar-refractivity contribution < 1.29 is 13.9 Å². The van der Waals surface area contributed by atoms with Crippen LogP contribution in [0.2, 0.25) is 0 Å². The normalized spacial score (nSPS) is 18.1. The van der Waals surface area contributed by atoms with Crippen LogP contribution in [0.5, 0.6) is 0 Å². The zero-order chi connectivity index (χ0) is 17.6. The van der Waals surface area contributed by atoms with E-state index < -0.39 is 0 Å². The molecule has 1 unspecified atom stereocenters. The minimum atomic E-state index is -0.248. The first-order valence-electron chi connectivity index (χ1n) is 8.75. The van der Waals surface area contributed by atoms with Gasteiger partial charge in [-0.3, -0.25) is 14.7 Å². The van der Waals surface area contributed by atoms with Gasteiger partial charge >= 0.3 is 5.97 Å². The number of piperidine rings is 1. The summed E-state index contributed by atoms with van der Waals surface area (Å²) in [7, 11) is 0. The molecular formula is C20H23FN2O2. The lowest BCUT2D eigenvalue weighted by Gasteiger charge is -2.31. The first-order chi connectivity index (χ1) is 12.2. The molecular weight excluding hydrogens is 319 g/mol. The summed E-state index contributed by atoms with van der Waals surface area (Å²) in [6, 6.07) is 8.68. The van der Waals surface area contributed by atoms with Crippen LogP contribution in [0.4, 0.5) is 4.39 Å². The van der Waals surface area contributed by atoms with E-state index in [1.807, 2.05) is 19.1 Å². The van der Waals surface area contributed by atoms with Gasteiger partial charge < -0.3 is 4.74 Å². The third-order valence-electron chi connectivity index (χ3n) is 4.51. The van der Waals surface area contributed by atoms with Crippen molar-refractivity contribution in [1.82, 2.24) is 9.88 Å². The topological polar surface area (TPSA) is 42.4 Å². The van der Waals surface area contributed by atoms with Gasteiger partial charge in [0, 0.05) is 36.6 Å². The lowest BCUT2D eigenvalue weighted by atomic mass is 9.97. The SMILES string of the molecule is CCOC(=O)C1CCCN(Cc2cncc(-c3ccccc3F)c2)C1. The second kappa shape index (κ2) is 8.21. The van der Waals surface area contributed by atoms with Gasteiger partial charge in [0.15, 0.2) is 0 Å². The quantitative estimate of drug-likeness (QED) is 0.778. The Morgan fingerprint density at radius 2 is 2.20 bits per heavy atom. The molecule has 132 valence electrons. The molecule has 1 fully saturated rings. The van der Waals surface area contributed by atoms with Crippen molar-refractivity contribution in [1.29, 1.82) is 0 Å². The Balaban J connectivity index is 1.70. The molecule has 0 saturated carbocycles. The molecule has 0 bridgehead atoms. The molecule has 4 nitrogen and oxygen atoms in total. The van der Waals surface area contributed by atoms with Crippen molar-refractivity contribution in [3.8, 4) is 11.1 Å². The Labute approximate surface area is 147 Å². The van der Waals surface area contributed by atoms with Gasteiger partial charge in [-0.05, 0) is 44.0 Å². The van der Waals surface area contributed by atoms with Crippen LogP contribution < -0.4 is 0 Å². The van der Waals surface area contributed by atoms with Gasteiger partial charge in [0.1, 0.15) is 5.82 Å². The van der Waals surface area contributed by atoms with Crippen LogP contribution in [0.3, 0.4) is 0 Å². The minimum absolute atomic E-state index is 0.0589. The zero-order valence-electron chi connectivity index (χ0n) is 14.5. The number of likely N-dealkylation sites (tertiary alicyclic amines) is 1. The molecule has 0 aliphatic carbocycles. The summed E-state index contributed by atoms with van der Waals surface area (Å²) in [5.41, 5.74) is 2.35. The summed E-state index contributed by atoms with van der Waals surface area (Å²) in [5, 5.41) is 0. The van der Waals surface area contributed by atoms with E-state index in [0.717, 1.165) is 30.5 Å². The van der Waals surface area contributed by atoms with Crippen LogP contribution in [0.1, 0.15) is 25.3 Å². The van der Waals surface area contributed by atoms with Crippen LogP contribution in [0, 0.1) is 11.7 Å². The predicted octanol–water partition coefficient (Wildman–Crippen LogP) is 3.66. The predicted molar refractivity (Wildman–Crippen MR) is 94.3 cm³/mol. The van der Waals surface area contributed by atoms with Crippen molar-refractivity contribution >= 4 is 5.97 Å². The number of hydrogen-bond acceptors (Lipinski definition) is 4. The van der Waals surface area contributed by atoms with E-state index in [-0.39, 0.29) is 17.7 Å². The molecule has 0 radical (unpaired) electrons. The number of pyridine rings is 1. The molecule has 1 aliphatic heterocycles. The van der Waals surface area contributed by atoms with E-state index >= 15 is 0 Å². The largest absolute Gasteiger partial charge is 0.466 e. The maximum absolute atomic E-state index is 14.0. The molecule has 2 aromatic rings. The van der Waals surface area contributed by atoms with E-state index in [1.165, 1.54) is 6.07 Å². The molecule has 1 aromatic heterocycles. The number of hydrogen-bond donors (Lipinski definition) is 0. The van der Waals surface area contributed by atoms with Gasteiger partial charge in [-0.15, -0.1) is 0 Å². The maximum Gasteiger partial charge on any atom is 0.310 e. The molecule has 1 saturated heterocycles. The zero-order valence-corrected chi connectivity index (χ0v) is 14.5. The fourth-order valence-electron chi connectivity index (χ4n) is 3.33. The van der Waals surface area contributed by atoms with Crippen molar-refractivity contribution in [2.24, 2.45) is 5.92 Å². The molecule has 1 aromatic carbocycles. The Morgan fingerprint density at radius 1 is 1.36 bits per heavy atom. The van der Waals surface area contributed by atoms with Crippen LogP contribution >= 0.6 is 0 Å². The number of ether oxygens (including phenoxy) is 1. The summed E-state index contributed by atoms with van der Waals surface area (Å²) >= 11 is 0. The van der Waals surface area contributed by atoms with E-state index in [1.54, 1.807) is 24.5 Å². The summed E-state index contributed by atoms with van der Waals surface area (Å²) in [6.45, 7) is 4.59. The highest BCUT2D eigenvalue weighted by molar-refractivity contribution is 5.72. The fraction of sp³-hybridized carbons (Fsp3) is 0.400. The Bertz CT molecular complexity index is 735. The second-order valence-corrected chi connectivity index (χ2v) is 6.39. The van der Waals surface area contributed by atoms with Crippen molar-refractivity contribution in [3.63, 3.8) is 0 Å². The molecule has 0 spiro atoms. The molecule has 25 heavy (non-hydrogen) atoms. The Morgan fingerprint density at radius 3 is 3.00 bits per heavy atom. The number of benzene rings is 1. The highest BCUT2D eigenvalue weighted by Crippen LogP contribution is 2.24. The standard InChI is InChI=1S/C20H23FN2O2/c1-2-25-20(24)16-6-5-9-23(14-16)13-15-10-17(12-22-11-15)18-7-3-4-8-19(18)21/h3-4,7-8,10-12,16H,2,5-6,9,13-14H2,1H3. The van der Waals surface area contributed by atoms with Gasteiger partial charge in [0.05, 0.1) is 12.5 Å². The molecule has 1 atom stereocenters. The van der Waals surface area contributed by atoms with Gasteiger partial charge in [-0.2, -0.15) is 0 Å². The number of aromatic nitrogens is 1. The number of halogens is 1. The van der Waals surface area contributed by atoms with E-state index in [0.29, 0.717) is 25.3 Å². The second-order valence-electron chi connectivity index (χ2n) is 6.39. The van der Waals surface area contributed by atoms with E-state index in [9.17, 15) is 9.18 Å². The van der Waals surface area contributed by atoms with Crippen molar-refractivity contribution in [3.05, 3.63) is 54.1 Å². The molecule has 5 heteroatoms. The molecule has 1 aliphatic rings. The van der Waals surface area contributed by atoms with Crippen molar-refractivity contribution in [2.45, 2.75) is 26.3 Å². The molecule has 3 rings (SSSR count). The third-order valence-corrected chi connectivity index (χ3v) is 4.51. The number of carbonyl (C=O) groups is 1. The minimum Gasteiger partial charge on any atom is -0.466 e. The Hall–Kier alpha value is -2.27. The first-order valence-corrected chi connectivity index (χ1v) is 8.75. The number of rotatable bonds is 5. The first kappa shape index (κ1) is 17.5. The summed E-state index contributed by atoms with van der Waals surface area (Å²) < 4.78 is 19.1. The van der Waals surface area contributed by atoms with Gasteiger partial charge in [-0.25, -0.2) is 4.39 Å². The van der Waals surface area contributed by atoms with Crippen LogP contribution in [-0.2, 0) is 16.1 Å². The van der Waals surface area contributed by atoms with Crippen LogP contribution in [0.15, 0.2) is 42.7 Å². The molecule has 0 amide bonds. The summed E-state index contributed by atoms with van der Waals surface area (Å²) in [4.78, 5) is 18.5. The van der Waals surface area contributed by atoms with Crippen LogP contribution in [0.25, 0.3) is 11.1 Å². The number of nitrogens with zero attached hydrogens (tertiary/aromatic N) is 2. The molecule has 2 heterocycles. The highest BCUT2D eigenvalue weighted by Gasteiger charge is 2.26. The number of carbonyl (C=O) groups excluding carboxylic acids is 1. The lowest BCUT2D eigenvalue weighted by Crippen LogP contribution is -2.38. The van der Waals surface area contributed by atoms with Crippen LogP contribution in [-0.4, -0.2) is 35.5 Å². The van der Waals surface area contributed by atoms with E-state index in [4.69, 9.17) is 4.74 Å². The molecule has 0 N–H and O–H groups in total. The van der Waals surface area contributed by atoms with Gasteiger partial charge in [-0.1, -0.05) is 18.2 Å². The Kier molecular flexibility index (Phi) is 5.76. The monoisotopic (exact) mass is 342 g/mol. The fourth-order valence-corrected chi connectivity index (χ4v) is 3.33. The van der Waals surface area contributed by atoms with Gasteiger partial charge in [0.25, 0.3) is 0 Å². The van der Waals surface area contributed by atoms with Gasteiger partial charge in [0.2, 0.25) is 0 Å². The highest BCUT2D eigenvalue weighted by atomic mass is 19.1. The lowest BCUT2D eigenvalue weighted by molar-refractivity contribution is -0.150. The smallest absolute Gasteiger partial charge is 0.310 e. The van der Waals surface area contributed by atoms with E-state index in [2.05, 4.69) is 9.88 Å². The van der Waals surface area contributed by atoms with Crippen molar-refractivity contribution in [2.75, 3.05) is 19.7 Å². The summed E-state index contributed by atoms with van der Waals surface area (Å²) in [6.07, 6.45) is 5.34. The summed E-state index contributed by atoms with van der Waals surface area (Å²) in [5.74, 6) is -0.413.